The van der Waals surface area contributed by atoms with Crippen molar-refractivity contribution in [3.63, 3.8) is 0 Å². The van der Waals surface area contributed by atoms with Crippen LogP contribution in [-0.2, 0) is 0 Å². The highest BCUT2D eigenvalue weighted by atomic mass is 15.2. The summed E-state index contributed by atoms with van der Waals surface area (Å²) in [6, 6.07) is 1.73. The van der Waals surface area contributed by atoms with E-state index < -0.39 is 0 Å². The molecular weight excluding hydrogens is 234 g/mol. The van der Waals surface area contributed by atoms with Crippen LogP contribution in [0.25, 0.3) is 0 Å². The van der Waals surface area contributed by atoms with Crippen molar-refractivity contribution >= 4 is 0 Å². The standard InChI is InChI=1S/C16H31N3/c1-2-12-19(11-1)16-5-3-15(4-6-16)18-13-14-7-9-17-10-8-14/h14-18H,1-13H2. The van der Waals surface area contributed by atoms with Crippen LogP contribution in [0.15, 0.2) is 0 Å². The predicted octanol–water partition coefficient (Wildman–Crippen LogP) is 1.98. The van der Waals surface area contributed by atoms with E-state index in [1.54, 1.807) is 0 Å². The van der Waals surface area contributed by atoms with Crippen molar-refractivity contribution in [3.8, 4) is 0 Å². The van der Waals surface area contributed by atoms with E-state index >= 15 is 0 Å². The number of likely N-dealkylation sites (tertiary alicyclic amines) is 1. The molecule has 3 heteroatoms. The Kier molecular flexibility index (Phi) is 5.14. The van der Waals surface area contributed by atoms with Crippen LogP contribution in [0.3, 0.4) is 0 Å². The van der Waals surface area contributed by atoms with Gasteiger partial charge < -0.3 is 15.5 Å². The van der Waals surface area contributed by atoms with Gasteiger partial charge in [0.15, 0.2) is 0 Å². The number of nitrogens with zero attached hydrogens (tertiary/aromatic N) is 1. The van der Waals surface area contributed by atoms with Crippen LogP contribution in [0.4, 0.5) is 0 Å². The molecule has 3 aliphatic rings. The van der Waals surface area contributed by atoms with Crippen molar-refractivity contribution in [2.24, 2.45) is 5.92 Å². The summed E-state index contributed by atoms with van der Waals surface area (Å²) in [6.45, 7) is 6.47. The van der Waals surface area contributed by atoms with Gasteiger partial charge in [-0.25, -0.2) is 0 Å². The molecule has 2 saturated heterocycles. The molecule has 110 valence electrons. The molecule has 0 amide bonds. The average molecular weight is 265 g/mol. The first-order valence-corrected chi connectivity index (χ1v) is 8.60. The molecule has 2 aliphatic heterocycles. The second kappa shape index (κ2) is 7.05. The zero-order valence-electron chi connectivity index (χ0n) is 12.4. The summed E-state index contributed by atoms with van der Waals surface area (Å²) in [4.78, 5) is 2.75. The van der Waals surface area contributed by atoms with Crippen molar-refractivity contribution in [1.29, 1.82) is 0 Å². The molecule has 2 heterocycles. The second-order valence-electron chi connectivity index (χ2n) is 6.85. The molecule has 0 spiro atoms. The quantitative estimate of drug-likeness (QED) is 0.814. The summed E-state index contributed by atoms with van der Waals surface area (Å²) < 4.78 is 0. The second-order valence-corrected chi connectivity index (χ2v) is 6.85. The minimum atomic E-state index is 0.814. The van der Waals surface area contributed by atoms with Gasteiger partial charge in [-0.2, -0.15) is 0 Å². The number of piperidine rings is 1. The van der Waals surface area contributed by atoms with E-state index in [1.807, 2.05) is 0 Å². The molecule has 3 fully saturated rings. The monoisotopic (exact) mass is 265 g/mol. The van der Waals surface area contributed by atoms with E-state index in [0.717, 1.165) is 18.0 Å². The molecule has 0 radical (unpaired) electrons. The van der Waals surface area contributed by atoms with Crippen LogP contribution >= 0.6 is 0 Å². The maximum atomic E-state index is 3.86. The van der Waals surface area contributed by atoms with E-state index in [0.29, 0.717) is 0 Å². The van der Waals surface area contributed by atoms with Gasteiger partial charge >= 0.3 is 0 Å². The minimum absolute atomic E-state index is 0.814. The van der Waals surface area contributed by atoms with Crippen molar-refractivity contribution in [3.05, 3.63) is 0 Å². The van der Waals surface area contributed by atoms with Crippen LogP contribution in [0.5, 0.6) is 0 Å². The first-order chi connectivity index (χ1) is 9.42. The van der Waals surface area contributed by atoms with Gasteiger partial charge in [-0.05, 0) is 90.0 Å². The smallest absolute Gasteiger partial charge is 0.00964 e. The fourth-order valence-corrected chi connectivity index (χ4v) is 4.17. The Labute approximate surface area is 118 Å². The molecule has 0 aromatic carbocycles. The molecule has 2 N–H and O–H groups in total. The lowest BCUT2D eigenvalue weighted by Gasteiger charge is -2.35. The fourth-order valence-electron chi connectivity index (χ4n) is 4.17. The summed E-state index contributed by atoms with van der Waals surface area (Å²) >= 11 is 0. The molecule has 3 nitrogen and oxygen atoms in total. The van der Waals surface area contributed by atoms with E-state index in [-0.39, 0.29) is 0 Å². The molecule has 19 heavy (non-hydrogen) atoms. The highest BCUT2D eigenvalue weighted by Crippen LogP contribution is 2.26. The number of nitrogens with one attached hydrogen (secondary N) is 2. The number of hydrogen-bond donors (Lipinski definition) is 2. The predicted molar refractivity (Wildman–Crippen MR) is 80.4 cm³/mol. The molecule has 0 unspecified atom stereocenters. The highest BCUT2D eigenvalue weighted by Gasteiger charge is 2.27. The molecule has 1 aliphatic carbocycles. The van der Waals surface area contributed by atoms with Gasteiger partial charge in [-0.15, -0.1) is 0 Å². The molecule has 0 bridgehead atoms. The van der Waals surface area contributed by atoms with Gasteiger partial charge in [0.2, 0.25) is 0 Å². The van der Waals surface area contributed by atoms with Crippen LogP contribution in [-0.4, -0.2) is 49.7 Å². The third-order valence-corrected chi connectivity index (χ3v) is 5.51. The van der Waals surface area contributed by atoms with Crippen molar-refractivity contribution in [2.75, 3.05) is 32.7 Å². The van der Waals surface area contributed by atoms with Crippen LogP contribution < -0.4 is 10.6 Å². The molecule has 0 aromatic rings. The van der Waals surface area contributed by atoms with Gasteiger partial charge in [0.1, 0.15) is 0 Å². The summed E-state index contributed by atoms with van der Waals surface area (Å²) in [7, 11) is 0. The lowest BCUT2D eigenvalue weighted by Crippen LogP contribution is -2.43. The van der Waals surface area contributed by atoms with Crippen LogP contribution in [0, 0.1) is 5.92 Å². The van der Waals surface area contributed by atoms with Gasteiger partial charge in [0.25, 0.3) is 0 Å². The Morgan fingerprint density at radius 2 is 1.58 bits per heavy atom. The zero-order chi connectivity index (χ0) is 12.9. The van der Waals surface area contributed by atoms with E-state index in [4.69, 9.17) is 0 Å². The Morgan fingerprint density at radius 3 is 2.26 bits per heavy atom. The average Bonchev–Trinajstić information content (AvgIpc) is 3.01. The molecule has 3 rings (SSSR count). The SMILES string of the molecule is C1CCN(C2CCC(NCC3CCNCC3)CC2)C1. The normalized spacial score (nSPS) is 34.7. The van der Waals surface area contributed by atoms with Crippen molar-refractivity contribution in [1.82, 2.24) is 15.5 Å². The zero-order valence-corrected chi connectivity index (χ0v) is 12.4. The van der Waals surface area contributed by atoms with Gasteiger partial charge in [0.05, 0.1) is 0 Å². The summed E-state index contributed by atoms with van der Waals surface area (Å²) in [5.41, 5.74) is 0. The maximum absolute atomic E-state index is 3.86. The largest absolute Gasteiger partial charge is 0.317 e. The minimum Gasteiger partial charge on any atom is -0.317 e. The summed E-state index contributed by atoms with van der Waals surface area (Å²) in [6.07, 6.45) is 11.3. The van der Waals surface area contributed by atoms with Crippen LogP contribution in [0.1, 0.15) is 51.4 Å². The van der Waals surface area contributed by atoms with Crippen molar-refractivity contribution in [2.45, 2.75) is 63.5 Å². The first-order valence-electron chi connectivity index (χ1n) is 8.60. The molecule has 1 saturated carbocycles. The highest BCUT2D eigenvalue weighted by molar-refractivity contribution is 4.85. The Morgan fingerprint density at radius 1 is 0.895 bits per heavy atom. The number of rotatable bonds is 4. The van der Waals surface area contributed by atoms with Crippen molar-refractivity contribution < 1.29 is 0 Å². The maximum Gasteiger partial charge on any atom is 0.00964 e. The molecule has 0 atom stereocenters. The number of hydrogen-bond acceptors (Lipinski definition) is 3. The lowest BCUT2D eigenvalue weighted by molar-refractivity contribution is 0.170. The topological polar surface area (TPSA) is 27.3 Å². The molecular formula is C16H31N3. The Hall–Kier alpha value is -0.120. The third-order valence-electron chi connectivity index (χ3n) is 5.51. The molecule has 0 aromatic heterocycles. The first kappa shape index (κ1) is 13.8. The fraction of sp³-hybridized carbons (Fsp3) is 1.00. The third kappa shape index (κ3) is 3.93. The lowest BCUT2D eigenvalue weighted by atomic mass is 9.89. The van der Waals surface area contributed by atoms with Crippen LogP contribution in [0.2, 0.25) is 0 Å². The Bertz CT molecular complexity index is 249. The van der Waals surface area contributed by atoms with Gasteiger partial charge in [-0.3, -0.25) is 0 Å². The summed E-state index contributed by atoms with van der Waals surface area (Å²) in [5.74, 6) is 0.928. The van der Waals surface area contributed by atoms with E-state index in [1.165, 1.54) is 84.1 Å². The van der Waals surface area contributed by atoms with E-state index in [2.05, 4.69) is 15.5 Å². The van der Waals surface area contributed by atoms with E-state index in [9.17, 15) is 0 Å². The van der Waals surface area contributed by atoms with Gasteiger partial charge in [0, 0.05) is 12.1 Å². The summed E-state index contributed by atoms with van der Waals surface area (Å²) in [5, 5.41) is 7.31. The Balaban J connectivity index is 1.33. The van der Waals surface area contributed by atoms with Gasteiger partial charge in [-0.1, -0.05) is 0 Å².